The van der Waals surface area contributed by atoms with Gasteiger partial charge in [0.2, 0.25) is 0 Å². The van der Waals surface area contributed by atoms with E-state index in [1.165, 1.54) is 6.07 Å². The van der Waals surface area contributed by atoms with E-state index >= 15 is 0 Å². The molecule has 8 heteroatoms. The highest BCUT2D eigenvalue weighted by molar-refractivity contribution is 9.10. The Morgan fingerprint density at radius 2 is 2.10 bits per heavy atom. The molecule has 1 unspecified atom stereocenters. The summed E-state index contributed by atoms with van der Waals surface area (Å²) in [4.78, 5) is 22.3. The highest BCUT2D eigenvalue weighted by Crippen LogP contribution is 2.32. The Morgan fingerprint density at radius 1 is 1.52 bits per heavy atom. The molecule has 1 atom stereocenters. The molecular formula is C13H16BrN2O4Si. The van der Waals surface area contributed by atoms with Gasteiger partial charge in [0.15, 0.2) is 0 Å². The van der Waals surface area contributed by atoms with Crippen LogP contribution in [0.3, 0.4) is 0 Å². The number of nitro groups is 1. The van der Waals surface area contributed by atoms with Gasteiger partial charge in [-0.2, -0.15) is 0 Å². The van der Waals surface area contributed by atoms with Gasteiger partial charge in [-0.15, -0.1) is 0 Å². The number of anilines is 1. The van der Waals surface area contributed by atoms with Crippen molar-refractivity contribution in [3.05, 3.63) is 32.3 Å². The zero-order valence-electron chi connectivity index (χ0n) is 12.2. The number of nitrogens with one attached hydrogen (secondary N) is 1. The van der Waals surface area contributed by atoms with Crippen LogP contribution < -0.4 is 5.32 Å². The second-order valence-electron chi connectivity index (χ2n) is 5.22. The van der Waals surface area contributed by atoms with Gasteiger partial charge in [-0.05, 0) is 53.9 Å². The van der Waals surface area contributed by atoms with Crippen LogP contribution in [-0.2, 0) is 4.74 Å². The number of hydrogen-bond donors (Lipinski definition) is 1. The van der Waals surface area contributed by atoms with Gasteiger partial charge in [-0.3, -0.25) is 15.4 Å². The van der Waals surface area contributed by atoms with E-state index in [-0.39, 0.29) is 11.2 Å². The fourth-order valence-electron chi connectivity index (χ4n) is 1.43. The highest BCUT2D eigenvalue weighted by Gasteiger charge is 2.27. The van der Waals surface area contributed by atoms with E-state index in [1.807, 2.05) is 6.92 Å². The third-order valence-electron chi connectivity index (χ3n) is 3.08. The molecule has 21 heavy (non-hydrogen) atoms. The maximum atomic E-state index is 11.9. The van der Waals surface area contributed by atoms with Gasteiger partial charge in [0, 0.05) is 16.3 Å². The largest absolute Gasteiger partial charge is 0.443 e. The molecule has 0 bridgehead atoms. The molecule has 1 rings (SSSR count). The van der Waals surface area contributed by atoms with Crippen molar-refractivity contribution in [1.82, 2.24) is 0 Å². The summed E-state index contributed by atoms with van der Waals surface area (Å²) >= 11 is 3.16. The summed E-state index contributed by atoms with van der Waals surface area (Å²) in [5.74, 6) is 0. The second kappa shape index (κ2) is 6.57. The van der Waals surface area contributed by atoms with Crippen LogP contribution in [0, 0.1) is 17.0 Å². The number of rotatable bonds is 4. The zero-order chi connectivity index (χ0) is 16.4. The topological polar surface area (TPSA) is 81.5 Å². The summed E-state index contributed by atoms with van der Waals surface area (Å²) in [7, 11) is 3.41. The van der Waals surface area contributed by atoms with Crippen LogP contribution in [0.1, 0.15) is 26.3 Å². The number of carbonyl (C=O) groups is 1. The third kappa shape index (κ3) is 4.53. The van der Waals surface area contributed by atoms with Crippen molar-refractivity contribution in [2.45, 2.75) is 38.8 Å². The number of amides is 1. The molecule has 0 saturated heterocycles. The van der Waals surface area contributed by atoms with Crippen molar-refractivity contribution in [3.8, 4) is 0 Å². The fourth-order valence-corrected chi connectivity index (χ4v) is 1.86. The summed E-state index contributed by atoms with van der Waals surface area (Å²) in [5.41, 5.74) is 0.0801. The second-order valence-corrected chi connectivity index (χ2v) is 6.88. The van der Waals surface area contributed by atoms with E-state index in [2.05, 4.69) is 31.5 Å². The van der Waals surface area contributed by atoms with Gasteiger partial charge < -0.3 is 4.74 Å². The molecule has 1 N–H and O–H groups in total. The average molecular weight is 372 g/mol. The van der Waals surface area contributed by atoms with Gasteiger partial charge in [-0.25, -0.2) is 4.79 Å². The lowest BCUT2D eigenvalue weighted by Crippen LogP contribution is -2.34. The molecule has 0 aliphatic rings. The van der Waals surface area contributed by atoms with Gasteiger partial charge in [0.05, 0.1) is 15.1 Å². The van der Waals surface area contributed by atoms with E-state index in [9.17, 15) is 14.9 Å². The van der Waals surface area contributed by atoms with Gasteiger partial charge in [0.1, 0.15) is 5.60 Å². The normalized spacial score (nSPS) is 12.7. The van der Waals surface area contributed by atoms with Crippen LogP contribution in [-0.4, -0.2) is 26.9 Å². The summed E-state index contributed by atoms with van der Waals surface area (Å²) in [6.45, 7) is 7.09. The van der Waals surface area contributed by atoms with E-state index < -0.39 is 16.6 Å². The van der Waals surface area contributed by atoms with E-state index in [0.717, 1.165) is 0 Å². The highest BCUT2D eigenvalue weighted by atomic mass is 79.9. The molecule has 0 fully saturated rings. The number of nitro benzene ring substituents is 1. The number of halogens is 1. The van der Waals surface area contributed by atoms with Crippen molar-refractivity contribution >= 4 is 43.6 Å². The molecule has 0 spiro atoms. The molecule has 3 radical (unpaired) electrons. The average Bonchev–Trinajstić information content (AvgIpc) is 2.32. The van der Waals surface area contributed by atoms with Crippen molar-refractivity contribution in [2.24, 2.45) is 0 Å². The Balaban J connectivity index is 2.94. The number of ether oxygens (including phenoxy) is 1. The predicted molar refractivity (Wildman–Crippen MR) is 84.9 cm³/mol. The molecule has 0 saturated carbocycles. The SMILES string of the molecule is Cc1cc(NC(=O)OC(C)(C)C(C)[Si])cc([N+](=O)[O-])c1Br. The zero-order valence-corrected chi connectivity index (χ0v) is 14.8. The van der Waals surface area contributed by atoms with Crippen LogP contribution in [0.2, 0.25) is 5.54 Å². The Labute approximate surface area is 135 Å². The molecule has 0 aliphatic heterocycles. The van der Waals surface area contributed by atoms with Crippen LogP contribution in [0.5, 0.6) is 0 Å². The minimum absolute atomic E-state index is 0.0516. The number of nitrogens with zero attached hydrogens (tertiary/aromatic N) is 1. The lowest BCUT2D eigenvalue weighted by atomic mass is 10.1. The standard InChI is InChI=1S/C13H16BrN2O4Si/c1-7-5-9(6-10(11(7)14)16(18)19)15-12(17)20-13(3,4)8(2)21/h5-6,8H,1-4H3,(H,15,17). The first kappa shape index (κ1) is 17.6. The lowest BCUT2D eigenvalue weighted by Gasteiger charge is -2.29. The minimum atomic E-state index is -0.711. The number of aryl methyl sites for hydroxylation is 1. The monoisotopic (exact) mass is 371 g/mol. The van der Waals surface area contributed by atoms with E-state index in [1.54, 1.807) is 26.8 Å². The van der Waals surface area contributed by atoms with Crippen molar-refractivity contribution in [2.75, 3.05) is 5.32 Å². The smallest absolute Gasteiger partial charge is 0.412 e. The number of hydrogen-bond acceptors (Lipinski definition) is 4. The molecule has 1 aromatic rings. The fraction of sp³-hybridized carbons (Fsp3) is 0.462. The predicted octanol–water partition coefficient (Wildman–Crippen LogP) is 3.97. The van der Waals surface area contributed by atoms with Crippen LogP contribution >= 0.6 is 15.9 Å². The Bertz CT molecular complexity index is 576. The summed E-state index contributed by atoms with van der Waals surface area (Å²) < 4.78 is 5.68. The molecular weight excluding hydrogens is 356 g/mol. The molecule has 6 nitrogen and oxygen atoms in total. The molecule has 1 aromatic carbocycles. The Morgan fingerprint density at radius 3 is 2.57 bits per heavy atom. The summed E-state index contributed by atoms with van der Waals surface area (Å²) in [6.07, 6.45) is -0.666. The molecule has 0 aromatic heterocycles. The number of benzene rings is 1. The first-order valence-corrected chi connectivity index (χ1v) is 7.57. The van der Waals surface area contributed by atoms with E-state index in [0.29, 0.717) is 15.7 Å². The molecule has 0 heterocycles. The van der Waals surface area contributed by atoms with Crippen LogP contribution in [0.15, 0.2) is 16.6 Å². The van der Waals surface area contributed by atoms with Gasteiger partial charge in [-0.1, -0.05) is 6.92 Å². The quantitative estimate of drug-likeness (QED) is 0.493. The maximum absolute atomic E-state index is 11.9. The van der Waals surface area contributed by atoms with Crippen molar-refractivity contribution in [1.29, 1.82) is 0 Å². The lowest BCUT2D eigenvalue weighted by molar-refractivity contribution is -0.385. The first-order valence-electron chi connectivity index (χ1n) is 6.20. The summed E-state index contributed by atoms with van der Waals surface area (Å²) in [6, 6.07) is 2.91. The molecule has 113 valence electrons. The van der Waals surface area contributed by atoms with Crippen molar-refractivity contribution in [3.63, 3.8) is 0 Å². The van der Waals surface area contributed by atoms with Gasteiger partial charge in [0.25, 0.3) is 5.69 Å². The molecule has 1 amide bonds. The number of carbonyl (C=O) groups excluding carboxylic acids is 1. The third-order valence-corrected chi connectivity index (χ3v) is 4.80. The van der Waals surface area contributed by atoms with Gasteiger partial charge >= 0.3 is 6.09 Å². The van der Waals surface area contributed by atoms with Crippen LogP contribution in [0.4, 0.5) is 16.2 Å². The molecule has 0 aliphatic carbocycles. The maximum Gasteiger partial charge on any atom is 0.412 e. The van der Waals surface area contributed by atoms with Crippen molar-refractivity contribution < 1.29 is 14.5 Å². The summed E-state index contributed by atoms with van der Waals surface area (Å²) in [5, 5.41) is 13.5. The van der Waals surface area contributed by atoms with Crippen LogP contribution in [0.25, 0.3) is 0 Å². The minimum Gasteiger partial charge on any atom is -0.443 e. The van der Waals surface area contributed by atoms with E-state index in [4.69, 9.17) is 4.74 Å². The first-order chi connectivity index (χ1) is 9.54. The Kier molecular flexibility index (Phi) is 5.52. The Hall–Kier alpha value is -1.41.